The minimum atomic E-state index is 0.139. The Kier molecular flexibility index (Phi) is 5.46. The molecule has 2 nitrogen and oxygen atoms in total. The van der Waals surface area contributed by atoms with E-state index in [2.05, 4.69) is 24.1 Å². The smallest absolute Gasteiger partial charge is 0.159 e. The minimum absolute atomic E-state index is 0.139. The number of ketones is 1. The second-order valence-corrected chi connectivity index (χ2v) is 6.52. The van der Waals surface area contributed by atoms with E-state index in [0.717, 1.165) is 17.4 Å². The summed E-state index contributed by atoms with van der Waals surface area (Å²) < 4.78 is 0. The zero-order valence-electron chi connectivity index (χ0n) is 11.9. The molecule has 1 saturated heterocycles. The molecule has 104 valence electrons. The Balaban J connectivity index is 1.77. The highest BCUT2D eigenvalue weighted by Crippen LogP contribution is 2.24. The van der Waals surface area contributed by atoms with Crippen LogP contribution in [0, 0.1) is 0 Å². The Hall–Kier alpha value is -0.800. The highest BCUT2D eigenvalue weighted by Gasteiger charge is 2.18. The molecule has 1 aliphatic heterocycles. The average molecular weight is 277 g/mol. The summed E-state index contributed by atoms with van der Waals surface area (Å²) in [7, 11) is 2.25. The van der Waals surface area contributed by atoms with E-state index < -0.39 is 0 Å². The van der Waals surface area contributed by atoms with Crippen molar-refractivity contribution >= 4 is 17.5 Å². The van der Waals surface area contributed by atoms with Crippen molar-refractivity contribution in [2.75, 3.05) is 19.3 Å². The molecule has 1 aromatic rings. The highest BCUT2D eigenvalue weighted by atomic mass is 32.2. The van der Waals surface area contributed by atoms with E-state index in [1.165, 1.54) is 37.1 Å². The van der Waals surface area contributed by atoms with Crippen LogP contribution in [0.5, 0.6) is 0 Å². The maximum absolute atomic E-state index is 11.2. The maximum atomic E-state index is 11.2. The molecule has 1 aromatic carbocycles. The van der Waals surface area contributed by atoms with Gasteiger partial charge in [0, 0.05) is 16.5 Å². The van der Waals surface area contributed by atoms with Crippen molar-refractivity contribution in [1.29, 1.82) is 0 Å². The van der Waals surface area contributed by atoms with Gasteiger partial charge < -0.3 is 4.90 Å². The standard InChI is InChI=1S/C16H23NOS/c1-13(18)14-6-8-16(9-7-14)19-12-10-15-5-3-4-11-17(15)2/h6-9,15H,3-5,10-12H2,1-2H3. The molecule has 0 aliphatic carbocycles. The van der Waals surface area contributed by atoms with E-state index >= 15 is 0 Å². The molecule has 0 saturated carbocycles. The quantitative estimate of drug-likeness (QED) is 0.602. The predicted octanol–water partition coefficient (Wildman–Crippen LogP) is 3.86. The van der Waals surface area contributed by atoms with Gasteiger partial charge in [0.15, 0.2) is 5.78 Å². The summed E-state index contributed by atoms with van der Waals surface area (Å²) in [5.74, 6) is 1.30. The summed E-state index contributed by atoms with van der Waals surface area (Å²) in [6.45, 7) is 2.86. The molecule has 0 spiro atoms. The molecule has 0 bridgehead atoms. The SMILES string of the molecule is CC(=O)c1ccc(SCCC2CCCCN2C)cc1. The third kappa shape index (κ3) is 4.36. The largest absolute Gasteiger partial charge is 0.303 e. The van der Waals surface area contributed by atoms with Crippen LogP contribution in [0.3, 0.4) is 0 Å². The lowest BCUT2D eigenvalue weighted by Gasteiger charge is -2.32. The number of carbonyl (C=O) groups is 1. The van der Waals surface area contributed by atoms with Crippen LogP contribution < -0.4 is 0 Å². The van der Waals surface area contributed by atoms with Gasteiger partial charge in [0.25, 0.3) is 0 Å². The second kappa shape index (κ2) is 7.11. The summed E-state index contributed by atoms with van der Waals surface area (Å²) in [5.41, 5.74) is 0.802. The van der Waals surface area contributed by atoms with Gasteiger partial charge in [-0.2, -0.15) is 0 Å². The molecule has 1 unspecified atom stereocenters. The first-order chi connectivity index (χ1) is 9.16. The van der Waals surface area contributed by atoms with E-state index in [4.69, 9.17) is 0 Å². The van der Waals surface area contributed by atoms with Gasteiger partial charge in [-0.25, -0.2) is 0 Å². The van der Waals surface area contributed by atoms with Gasteiger partial charge in [0.2, 0.25) is 0 Å². The first-order valence-electron chi connectivity index (χ1n) is 7.11. The van der Waals surface area contributed by atoms with Crippen LogP contribution in [0.25, 0.3) is 0 Å². The molecule has 2 rings (SSSR count). The number of hydrogen-bond acceptors (Lipinski definition) is 3. The number of carbonyl (C=O) groups excluding carboxylic acids is 1. The van der Waals surface area contributed by atoms with E-state index in [1.807, 2.05) is 23.9 Å². The lowest BCUT2D eigenvalue weighted by atomic mass is 10.0. The Bertz CT molecular complexity index is 415. The molecule has 3 heteroatoms. The lowest BCUT2D eigenvalue weighted by molar-refractivity contribution is 0.101. The maximum Gasteiger partial charge on any atom is 0.159 e. The van der Waals surface area contributed by atoms with Crippen LogP contribution in [0.1, 0.15) is 43.0 Å². The molecular formula is C16H23NOS. The van der Waals surface area contributed by atoms with Crippen molar-refractivity contribution in [2.45, 2.75) is 43.5 Å². The van der Waals surface area contributed by atoms with Gasteiger partial charge in [-0.3, -0.25) is 4.79 Å². The van der Waals surface area contributed by atoms with Crippen molar-refractivity contribution in [3.63, 3.8) is 0 Å². The molecule has 0 amide bonds. The number of hydrogen-bond donors (Lipinski definition) is 0. The van der Waals surface area contributed by atoms with E-state index in [9.17, 15) is 4.79 Å². The summed E-state index contributed by atoms with van der Waals surface area (Å²) in [6.07, 6.45) is 5.34. The number of likely N-dealkylation sites (tertiary alicyclic amines) is 1. The minimum Gasteiger partial charge on any atom is -0.303 e. The molecule has 1 heterocycles. The zero-order chi connectivity index (χ0) is 13.7. The van der Waals surface area contributed by atoms with Gasteiger partial charge >= 0.3 is 0 Å². The van der Waals surface area contributed by atoms with Crippen molar-refractivity contribution < 1.29 is 4.79 Å². The van der Waals surface area contributed by atoms with Crippen LogP contribution in [-0.4, -0.2) is 36.1 Å². The molecule has 1 atom stereocenters. The molecule has 19 heavy (non-hydrogen) atoms. The van der Waals surface area contributed by atoms with Crippen LogP contribution in [0.15, 0.2) is 29.2 Å². The number of thioether (sulfide) groups is 1. The fourth-order valence-corrected chi connectivity index (χ4v) is 3.56. The zero-order valence-corrected chi connectivity index (χ0v) is 12.7. The fraction of sp³-hybridized carbons (Fsp3) is 0.562. The normalized spacial score (nSPS) is 20.4. The van der Waals surface area contributed by atoms with Gasteiger partial charge in [-0.1, -0.05) is 18.6 Å². The summed E-state index contributed by atoms with van der Waals surface area (Å²) in [4.78, 5) is 15.0. The molecule has 0 N–H and O–H groups in total. The predicted molar refractivity (Wildman–Crippen MR) is 82.1 cm³/mol. The van der Waals surface area contributed by atoms with Crippen molar-refractivity contribution in [2.24, 2.45) is 0 Å². The highest BCUT2D eigenvalue weighted by molar-refractivity contribution is 7.99. The molecule has 1 fully saturated rings. The lowest BCUT2D eigenvalue weighted by Crippen LogP contribution is -2.36. The molecule has 1 aliphatic rings. The van der Waals surface area contributed by atoms with Crippen molar-refractivity contribution in [3.8, 4) is 0 Å². The monoisotopic (exact) mass is 277 g/mol. The van der Waals surface area contributed by atoms with Crippen LogP contribution in [0.4, 0.5) is 0 Å². The van der Waals surface area contributed by atoms with Gasteiger partial charge in [0.1, 0.15) is 0 Å². The van der Waals surface area contributed by atoms with Crippen molar-refractivity contribution in [1.82, 2.24) is 4.90 Å². The number of nitrogens with zero attached hydrogens (tertiary/aromatic N) is 1. The fourth-order valence-electron chi connectivity index (χ4n) is 2.61. The van der Waals surface area contributed by atoms with E-state index in [-0.39, 0.29) is 5.78 Å². The first-order valence-corrected chi connectivity index (χ1v) is 8.09. The number of benzene rings is 1. The van der Waals surface area contributed by atoms with Crippen LogP contribution >= 0.6 is 11.8 Å². The Labute approximate surface area is 120 Å². The Morgan fingerprint density at radius 1 is 1.32 bits per heavy atom. The summed E-state index contributed by atoms with van der Waals surface area (Å²) in [6, 6.07) is 8.74. The van der Waals surface area contributed by atoms with E-state index in [1.54, 1.807) is 6.92 Å². The number of rotatable bonds is 5. The third-order valence-electron chi connectivity index (χ3n) is 3.90. The van der Waals surface area contributed by atoms with E-state index in [0.29, 0.717) is 0 Å². The number of Topliss-reactive ketones (excluding diaryl/α,β-unsaturated/α-hetero) is 1. The summed E-state index contributed by atoms with van der Waals surface area (Å²) >= 11 is 1.90. The van der Waals surface area contributed by atoms with Gasteiger partial charge in [-0.15, -0.1) is 11.8 Å². The molecular weight excluding hydrogens is 254 g/mol. The van der Waals surface area contributed by atoms with Crippen molar-refractivity contribution in [3.05, 3.63) is 29.8 Å². The average Bonchev–Trinajstić information content (AvgIpc) is 2.41. The Morgan fingerprint density at radius 3 is 2.68 bits per heavy atom. The summed E-state index contributed by atoms with van der Waals surface area (Å²) in [5, 5.41) is 0. The van der Waals surface area contributed by atoms with Gasteiger partial charge in [0.05, 0.1) is 0 Å². The van der Waals surface area contributed by atoms with Crippen LogP contribution in [-0.2, 0) is 0 Å². The first kappa shape index (κ1) is 14.6. The topological polar surface area (TPSA) is 20.3 Å². The molecule has 0 aromatic heterocycles. The van der Waals surface area contributed by atoms with Crippen LogP contribution in [0.2, 0.25) is 0 Å². The molecule has 0 radical (unpaired) electrons. The van der Waals surface area contributed by atoms with Gasteiger partial charge in [-0.05, 0) is 57.7 Å². The third-order valence-corrected chi connectivity index (χ3v) is 4.95. The second-order valence-electron chi connectivity index (χ2n) is 5.35. The Morgan fingerprint density at radius 2 is 2.05 bits per heavy atom. The number of piperidine rings is 1.